The maximum absolute atomic E-state index is 14.9. The zero-order chi connectivity index (χ0) is 21.2. The lowest BCUT2D eigenvalue weighted by Gasteiger charge is -2.15. The minimum absolute atomic E-state index is 0.170. The third-order valence-electron chi connectivity index (χ3n) is 4.16. The summed E-state index contributed by atoms with van der Waals surface area (Å²) in [5.74, 6) is -1.77. The van der Waals surface area contributed by atoms with Crippen molar-refractivity contribution in [2.75, 3.05) is 22.9 Å². The summed E-state index contributed by atoms with van der Waals surface area (Å²) >= 11 is 0. The molecule has 0 radical (unpaired) electrons. The predicted octanol–water partition coefficient (Wildman–Crippen LogP) is 4.12. The van der Waals surface area contributed by atoms with E-state index in [4.69, 9.17) is 4.74 Å². The molecular formula is C19H20F2N4O3S. The zero-order valence-electron chi connectivity index (χ0n) is 16.1. The minimum Gasteiger partial charge on any atom is -0.480 e. The number of fused-ring (bicyclic) bond motifs is 1. The van der Waals surface area contributed by atoms with Crippen molar-refractivity contribution in [1.29, 1.82) is 0 Å². The van der Waals surface area contributed by atoms with Gasteiger partial charge in [0, 0.05) is 5.69 Å². The van der Waals surface area contributed by atoms with Crippen molar-refractivity contribution < 1.29 is 21.9 Å². The normalized spacial score (nSPS) is 11.5. The van der Waals surface area contributed by atoms with Crippen molar-refractivity contribution in [1.82, 2.24) is 9.97 Å². The molecule has 0 saturated heterocycles. The molecule has 0 aliphatic carbocycles. The van der Waals surface area contributed by atoms with Crippen LogP contribution in [0.3, 0.4) is 0 Å². The Balaban J connectivity index is 2.01. The molecule has 0 spiro atoms. The van der Waals surface area contributed by atoms with E-state index in [2.05, 4.69) is 20.0 Å². The van der Waals surface area contributed by atoms with Crippen molar-refractivity contribution in [2.45, 2.75) is 20.3 Å². The predicted molar refractivity (Wildman–Crippen MR) is 108 cm³/mol. The van der Waals surface area contributed by atoms with Gasteiger partial charge < -0.3 is 10.1 Å². The molecule has 0 atom stereocenters. The SMILES string of the molecule is CCCS(=O)(=O)Nc1ccc(F)c(Nc2cc3nc(OC)cnc3cc2C)c1F. The van der Waals surface area contributed by atoms with Gasteiger partial charge >= 0.3 is 0 Å². The molecule has 2 aromatic carbocycles. The van der Waals surface area contributed by atoms with Crippen molar-refractivity contribution in [3.8, 4) is 5.88 Å². The van der Waals surface area contributed by atoms with Gasteiger partial charge in [-0.3, -0.25) is 4.72 Å². The number of methoxy groups -OCH3 is 1. The van der Waals surface area contributed by atoms with Gasteiger partial charge in [-0.05, 0) is 43.2 Å². The first-order valence-electron chi connectivity index (χ1n) is 8.81. The van der Waals surface area contributed by atoms with E-state index >= 15 is 0 Å². The van der Waals surface area contributed by atoms with Crippen LogP contribution in [0.5, 0.6) is 5.88 Å². The Hall–Kier alpha value is -3.01. The largest absolute Gasteiger partial charge is 0.480 e. The Morgan fingerprint density at radius 3 is 2.59 bits per heavy atom. The fourth-order valence-corrected chi connectivity index (χ4v) is 3.88. The molecule has 0 aliphatic rings. The van der Waals surface area contributed by atoms with E-state index in [0.29, 0.717) is 34.6 Å². The number of nitrogens with zero attached hydrogens (tertiary/aromatic N) is 2. The Labute approximate surface area is 167 Å². The van der Waals surface area contributed by atoms with E-state index in [1.165, 1.54) is 13.3 Å². The summed E-state index contributed by atoms with van der Waals surface area (Å²) in [6, 6.07) is 5.35. The molecule has 1 aromatic heterocycles. The molecule has 0 amide bonds. The molecule has 154 valence electrons. The number of ether oxygens (including phenoxy) is 1. The summed E-state index contributed by atoms with van der Waals surface area (Å²) in [4.78, 5) is 8.49. The summed E-state index contributed by atoms with van der Waals surface area (Å²) in [6.45, 7) is 3.44. The second-order valence-corrected chi connectivity index (χ2v) is 8.24. The Bertz CT molecular complexity index is 1170. The second-order valence-electron chi connectivity index (χ2n) is 6.40. The Morgan fingerprint density at radius 1 is 1.14 bits per heavy atom. The van der Waals surface area contributed by atoms with Crippen LogP contribution in [-0.4, -0.2) is 31.2 Å². The van der Waals surface area contributed by atoms with E-state index in [-0.39, 0.29) is 11.4 Å². The van der Waals surface area contributed by atoms with Gasteiger partial charge in [-0.2, -0.15) is 0 Å². The Kier molecular flexibility index (Phi) is 5.83. The van der Waals surface area contributed by atoms with E-state index < -0.39 is 27.3 Å². The summed E-state index contributed by atoms with van der Waals surface area (Å²) in [7, 11) is -2.27. The summed E-state index contributed by atoms with van der Waals surface area (Å²) < 4.78 is 60.3. The number of halogens is 2. The summed E-state index contributed by atoms with van der Waals surface area (Å²) in [6.07, 6.45) is 1.84. The van der Waals surface area contributed by atoms with Crippen LogP contribution in [0.15, 0.2) is 30.5 Å². The maximum Gasteiger partial charge on any atom is 0.232 e. The molecular weight excluding hydrogens is 402 g/mol. The van der Waals surface area contributed by atoms with E-state index in [1.807, 2.05) is 0 Å². The first-order chi connectivity index (χ1) is 13.7. The average molecular weight is 422 g/mol. The van der Waals surface area contributed by atoms with E-state index in [1.54, 1.807) is 26.0 Å². The number of anilines is 3. The van der Waals surface area contributed by atoms with E-state index in [9.17, 15) is 17.2 Å². The number of benzene rings is 2. The molecule has 1 heterocycles. The second kappa shape index (κ2) is 8.16. The lowest BCUT2D eigenvalue weighted by atomic mass is 10.1. The van der Waals surface area contributed by atoms with Gasteiger partial charge in [-0.25, -0.2) is 27.2 Å². The third-order valence-corrected chi connectivity index (χ3v) is 5.64. The first kappa shape index (κ1) is 20.7. The molecule has 0 saturated carbocycles. The highest BCUT2D eigenvalue weighted by atomic mass is 32.2. The number of rotatable bonds is 7. The molecule has 0 unspecified atom stereocenters. The van der Waals surface area contributed by atoms with Crippen LogP contribution >= 0.6 is 0 Å². The minimum atomic E-state index is -3.73. The lowest BCUT2D eigenvalue weighted by Crippen LogP contribution is -2.17. The molecule has 3 aromatic rings. The highest BCUT2D eigenvalue weighted by Gasteiger charge is 2.19. The fraction of sp³-hybridized carbons (Fsp3) is 0.263. The maximum atomic E-state index is 14.9. The molecule has 0 bridgehead atoms. The quantitative estimate of drug-likeness (QED) is 0.595. The van der Waals surface area contributed by atoms with Crippen LogP contribution in [0.25, 0.3) is 11.0 Å². The number of hydrogen-bond donors (Lipinski definition) is 2. The van der Waals surface area contributed by atoms with Crippen LogP contribution in [0.2, 0.25) is 0 Å². The smallest absolute Gasteiger partial charge is 0.232 e. The third kappa shape index (κ3) is 4.53. The molecule has 0 fully saturated rings. The topological polar surface area (TPSA) is 93.2 Å². The first-order valence-corrected chi connectivity index (χ1v) is 10.5. The lowest BCUT2D eigenvalue weighted by molar-refractivity contribution is 0.397. The molecule has 7 nitrogen and oxygen atoms in total. The summed E-state index contributed by atoms with van der Waals surface area (Å²) in [5, 5.41) is 2.70. The van der Waals surface area contributed by atoms with Gasteiger partial charge in [0.15, 0.2) is 5.82 Å². The highest BCUT2D eigenvalue weighted by Crippen LogP contribution is 2.32. The van der Waals surface area contributed by atoms with Crippen molar-refractivity contribution in [2.24, 2.45) is 0 Å². The monoisotopic (exact) mass is 422 g/mol. The fourth-order valence-electron chi connectivity index (χ4n) is 2.75. The number of nitrogens with one attached hydrogen (secondary N) is 2. The van der Waals surface area contributed by atoms with Crippen LogP contribution in [0.4, 0.5) is 25.8 Å². The number of hydrogen-bond acceptors (Lipinski definition) is 6. The molecule has 2 N–H and O–H groups in total. The van der Waals surface area contributed by atoms with Crippen LogP contribution in [0.1, 0.15) is 18.9 Å². The van der Waals surface area contributed by atoms with Crippen molar-refractivity contribution >= 4 is 38.1 Å². The van der Waals surface area contributed by atoms with Crippen LogP contribution in [0, 0.1) is 18.6 Å². The molecule has 29 heavy (non-hydrogen) atoms. The number of sulfonamides is 1. The van der Waals surface area contributed by atoms with Gasteiger partial charge in [0.1, 0.15) is 11.5 Å². The van der Waals surface area contributed by atoms with Gasteiger partial charge in [-0.1, -0.05) is 6.92 Å². The highest BCUT2D eigenvalue weighted by molar-refractivity contribution is 7.92. The van der Waals surface area contributed by atoms with Gasteiger partial charge in [0.2, 0.25) is 15.9 Å². The number of aromatic nitrogens is 2. The average Bonchev–Trinajstić information content (AvgIpc) is 2.67. The summed E-state index contributed by atoms with van der Waals surface area (Å²) in [5.41, 5.74) is 1.33. The Morgan fingerprint density at radius 2 is 1.90 bits per heavy atom. The van der Waals surface area contributed by atoms with Crippen molar-refractivity contribution in [3.63, 3.8) is 0 Å². The number of aryl methyl sites for hydroxylation is 1. The van der Waals surface area contributed by atoms with Crippen molar-refractivity contribution in [3.05, 3.63) is 47.7 Å². The van der Waals surface area contributed by atoms with Crippen LogP contribution < -0.4 is 14.8 Å². The van der Waals surface area contributed by atoms with Crippen LogP contribution in [-0.2, 0) is 10.0 Å². The molecule has 3 rings (SSSR count). The molecule has 10 heteroatoms. The molecule has 0 aliphatic heterocycles. The van der Waals surface area contributed by atoms with Gasteiger partial charge in [0.05, 0.1) is 35.8 Å². The van der Waals surface area contributed by atoms with E-state index in [0.717, 1.165) is 12.1 Å². The standard InChI is InChI=1S/C19H20F2N4O3S/c1-4-7-29(26,27)25-13-6-5-12(20)19(18(13)21)24-14-9-16-15(8-11(14)2)22-10-17(23-16)28-3/h5-6,8-10,24-25H,4,7H2,1-3H3. The zero-order valence-corrected chi connectivity index (χ0v) is 16.9. The van der Waals surface area contributed by atoms with Gasteiger partial charge in [0.25, 0.3) is 0 Å². The van der Waals surface area contributed by atoms with Gasteiger partial charge in [-0.15, -0.1) is 0 Å².